The summed E-state index contributed by atoms with van der Waals surface area (Å²) in [5.41, 5.74) is 8.10. The van der Waals surface area contributed by atoms with Crippen molar-refractivity contribution in [2.75, 3.05) is 13.1 Å². The van der Waals surface area contributed by atoms with Crippen molar-refractivity contribution < 1.29 is 9.90 Å². The molecule has 0 aliphatic heterocycles. The maximum absolute atomic E-state index is 11.4. The van der Waals surface area contributed by atoms with Crippen LogP contribution in [0.1, 0.15) is 18.9 Å². The van der Waals surface area contributed by atoms with Gasteiger partial charge >= 0.3 is 5.97 Å². The summed E-state index contributed by atoms with van der Waals surface area (Å²) < 4.78 is 0. The van der Waals surface area contributed by atoms with E-state index in [4.69, 9.17) is 5.53 Å². The molecule has 0 saturated heterocycles. The molecular formula is C13H18N4O2. The highest BCUT2D eigenvalue weighted by Gasteiger charge is 2.32. The Bertz CT molecular complexity index is 457. The van der Waals surface area contributed by atoms with Crippen LogP contribution >= 0.6 is 0 Å². The third-order valence-corrected chi connectivity index (χ3v) is 2.89. The number of nitrogens with zero attached hydrogens (tertiary/aromatic N) is 3. The van der Waals surface area contributed by atoms with E-state index in [1.165, 1.54) is 0 Å². The largest absolute Gasteiger partial charge is 0.480 e. The first-order valence-electron chi connectivity index (χ1n) is 6.12. The van der Waals surface area contributed by atoms with Crippen LogP contribution in [-0.4, -0.2) is 29.7 Å². The number of nitrogens with one attached hydrogen (secondary N) is 1. The first kappa shape index (κ1) is 15.0. The topological polar surface area (TPSA) is 98.1 Å². The van der Waals surface area contributed by atoms with E-state index in [1.807, 2.05) is 30.3 Å². The van der Waals surface area contributed by atoms with Crippen molar-refractivity contribution in [2.24, 2.45) is 5.11 Å². The summed E-state index contributed by atoms with van der Waals surface area (Å²) in [5, 5.41) is 15.8. The van der Waals surface area contributed by atoms with Gasteiger partial charge in [-0.2, -0.15) is 0 Å². The number of hydrogen-bond acceptors (Lipinski definition) is 3. The Morgan fingerprint density at radius 3 is 2.74 bits per heavy atom. The monoisotopic (exact) mass is 262 g/mol. The normalized spacial score (nSPS) is 13.3. The Morgan fingerprint density at radius 1 is 1.47 bits per heavy atom. The molecule has 0 bridgehead atoms. The molecule has 0 saturated carbocycles. The van der Waals surface area contributed by atoms with E-state index in [0.717, 1.165) is 5.56 Å². The van der Waals surface area contributed by atoms with Crippen molar-refractivity contribution in [1.82, 2.24) is 5.32 Å². The molecule has 1 unspecified atom stereocenters. The maximum atomic E-state index is 11.4. The minimum absolute atomic E-state index is 0.366. The van der Waals surface area contributed by atoms with Crippen molar-refractivity contribution in [3.8, 4) is 0 Å². The van der Waals surface area contributed by atoms with Crippen molar-refractivity contribution in [3.63, 3.8) is 0 Å². The molecule has 1 rings (SSSR count). The molecule has 0 fully saturated rings. The van der Waals surface area contributed by atoms with E-state index < -0.39 is 11.5 Å². The second-order valence-corrected chi connectivity index (χ2v) is 4.53. The number of aliphatic carboxylic acids is 1. The molecule has 6 nitrogen and oxygen atoms in total. The number of hydrogen-bond donors (Lipinski definition) is 2. The average molecular weight is 262 g/mol. The average Bonchev–Trinajstić information content (AvgIpc) is 2.39. The molecule has 0 spiro atoms. The first-order valence-corrected chi connectivity index (χ1v) is 6.12. The highest BCUT2D eigenvalue weighted by atomic mass is 16.4. The van der Waals surface area contributed by atoms with E-state index in [9.17, 15) is 9.90 Å². The molecule has 0 aliphatic carbocycles. The molecule has 6 heteroatoms. The minimum Gasteiger partial charge on any atom is -0.480 e. The number of benzene rings is 1. The molecule has 0 aliphatic rings. The molecule has 19 heavy (non-hydrogen) atoms. The molecule has 0 heterocycles. The van der Waals surface area contributed by atoms with Gasteiger partial charge in [0.25, 0.3) is 0 Å². The molecule has 1 aromatic carbocycles. The molecule has 102 valence electrons. The lowest BCUT2D eigenvalue weighted by atomic mass is 9.92. The van der Waals surface area contributed by atoms with Crippen LogP contribution in [0.3, 0.4) is 0 Å². The van der Waals surface area contributed by atoms with Gasteiger partial charge in [0.2, 0.25) is 0 Å². The van der Waals surface area contributed by atoms with Gasteiger partial charge in [0.1, 0.15) is 5.54 Å². The Labute approximate surface area is 112 Å². The van der Waals surface area contributed by atoms with Gasteiger partial charge < -0.3 is 10.4 Å². The third kappa shape index (κ3) is 4.99. The van der Waals surface area contributed by atoms with Gasteiger partial charge in [-0.3, -0.25) is 4.79 Å². The Balaban J connectivity index is 2.59. The molecule has 0 radical (unpaired) electrons. The van der Waals surface area contributed by atoms with Gasteiger partial charge in [-0.05, 0) is 31.0 Å². The minimum atomic E-state index is -1.02. The highest BCUT2D eigenvalue weighted by molar-refractivity contribution is 5.78. The van der Waals surface area contributed by atoms with E-state index in [2.05, 4.69) is 15.3 Å². The molecule has 0 aromatic heterocycles. The van der Waals surface area contributed by atoms with Gasteiger partial charge in [0, 0.05) is 17.9 Å². The van der Waals surface area contributed by atoms with Crippen molar-refractivity contribution >= 4 is 5.97 Å². The van der Waals surface area contributed by atoms with Gasteiger partial charge in [-0.15, -0.1) is 0 Å². The first-order chi connectivity index (χ1) is 9.08. The predicted octanol–water partition coefficient (Wildman–Crippen LogP) is 2.36. The fraction of sp³-hybridized carbons (Fsp3) is 0.462. The molecule has 2 N–H and O–H groups in total. The lowest BCUT2D eigenvalue weighted by Crippen LogP contribution is -2.51. The zero-order valence-corrected chi connectivity index (χ0v) is 10.9. The summed E-state index contributed by atoms with van der Waals surface area (Å²) in [5.74, 6) is -0.889. The van der Waals surface area contributed by atoms with Crippen LogP contribution in [-0.2, 0) is 11.2 Å². The van der Waals surface area contributed by atoms with Crippen LogP contribution in [0.2, 0.25) is 0 Å². The van der Waals surface area contributed by atoms with Crippen LogP contribution in [0.4, 0.5) is 0 Å². The Kier molecular flexibility index (Phi) is 5.85. The van der Waals surface area contributed by atoms with Crippen LogP contribution < -0.4 is 5.32 Å². The smallest absolute Gasteiger partial charge is 0.323 e. The molecule has 1 aromatic rings. The maximum Gasteiger partial charge on any atom is 0.323 e. The summed E-state index contributed by atoms with van der Waals surface area (Å²) in [6, 6.07) is 9.49. The number of carboxylic acid groups (broad SMARTS) is 1. The van der Waals surface area contributed by atoms with Crippen LogP contribution in [0.15, 0.2) is 35.4 Å². The highest BCUT2D eigenvalue weighted by Crippen LogP contribution is 2.13. The van der Waals surface area contributed by atoms with Gasteiger partial charge in [0.05, 0.1) is 0 Å². The fourth-order valence-electron chi connectivity index (χ4n) is 1.78. The second-order valence-electron chi connectivity index (χ2n) is 4.53. The second kappa shape index (κ2) is 7.41. The molecule has 1 atom stereocenters. The van der Waals surface area contributed by atoms with Crippen molar-refractivity contribution in [3.05, 3.63) is 46.3 Å². The van der Waals surface area contributed by atoms with Crippen molar-refractivity contribution in [1.29, 1.82) is 0 Å². The van der Waals surface area contributed by atoms with Crippen molar-refractivity contribution in [2.45, 2.75) is 25.3 Å². The zero-order chi connectivity index (χ0) is 14.1. The van der Waals surface area contributed by atoms with Crippen LogP contribution in [0.5, 0.6) is 0 Å². The predicted molar refractivity (Wildman–Crippen MR) is 72.8 cm³/mol. The van der Waals surface area contributed by atoms with E-state index in [-0.39, 0.29) is 0 Å². The van der Waals surface area contributed by atoms with E-state index in [0.29, 0.717) is 25.9 Å². The third-order valence-electron chi connectivity index (χ3n) is 2.89. The summed E-state index contributed by atoms with van der Waals surface area (Å²) in [6.07, 6.45) is 1.02. The summed E-state index contributed by atoms with van der Waals surface area (Å²) >= 11 is 0. The summed E-state index contributed by atoms with van der Waals surface area (Å²) in [7, 11) is 0. The lowest BCUT2D eigenvalue weighted by Gasteiger charge is -2.26. The number of carboxylic acids is 1. The lowest BCUT2D eigenvalue weighted by molar-refractivity contribution is -0.144. The molecular weight excluding hydrogens is 244 g/mol. The SMILES string of the molecule is CC(Cc1ccccc1)(NCCCN=[N+]=[N-])C(=O)O. The summed E-state index contributed by atoms with van der Waals surface area (Å²) in [4.78, 5) is 14.1. The van der Waals surface area contributed by atoms with Gasteiger partial charge in [-0.25, -0.2) is 0 Å². The van der Waals surface area contributed by atoms with Crippen LogP contribution in [0, 0.1) is 0 Å². The Hall–Kier alpha value is -2.04. The van der Waals surface area contributed by atoms with E-state index in [1.54, 1.807) is 6.92 Å². The molecule has 0 amide bonds. The quantitative estimate of drug-likeness (QED) is 0.325. The summed E-state index contributed by atoms with van der Waals surface area (Å²) in [6.45, 7) is 2.52. The standard InChI is InChI=1S/C13H18N4O2/c1-13(12(18)19,15-8-5-9-16-17-14)10-11-6-3-2-4-7-11/h2-4,6-7,15H,5,8-10H2,1H3,(H,18,19). The Morgan fingerprint density at radius 2 is 2.16 bits per heavy atom. The zero-order valence-electron chi connectivity index (χ0n) is 10.9. The van der Waals surface area contributed by atoms with Crippen LogP contribution in [0.25, 0.3) is 10.4 Å². The number of rotatable bonds is 8. The fourth-order valence-corrected chi connectivity index (χ4v) is 1.78. The number of azide groups is 1. The van der Waals surface area contributed by atoms with Gasteiger partial charge in [0.15, 0.2) is 0 Å². The van der Waals surface area contributed by atoms with E-state index >= 15 is 0 Å². The van der Waals surface area contributed by atoms with Gasteiger partial charge in [-0.1, -0.05) is 35.4 Å². The number of carbonyl (C=O) groups is 1.